The molecule has 1 N–H and O–H groups in total. The van der Waals surface area contributed by atoms with Gasteiger partial charge in [-0.15, -0.1) is 0 Å². The third kappa shape index (κ3) is 6.54. The second-order valence-corrected chi connectivity index (χ2v) is 8.65. The molecular formula is C27H32N2O6. The highest BCUT2D eigenvalue weighted by Gasteiger charge is 2.24. The van der Waals surface area contributed by atoms with E-state index < -0.39 is 0 Å². The molecule has 2 heterocycles. The van der Waals surface area contributed by atoms with E-state index in [2.05, 4.69) is 11.9 Å². The van der Waals surface area contributed by atoms with Crippen LogP contribution >= 0.6 is 0 Å². The lowest BCUT2D eigenvalue weighted by atomic mass is 10.0. The molecule has 0 bridgehead atoms. The molecule has 1 atom stereocenters. The average Bonchev–Trinajstić information content (AvgIpc) is 3.39. The van der Waals surface area contributed by atoms with E-state index in [1.54, 1.807) is 24.2 Å². The highest BCUT2D eigenvalue weighted by Crippen LogP contribution is 2.29. The quantitative estimate of drug-likeness (QED) is 0.493. The van der Waals surface area contributed by atoms with Crippen molar-refractivity contribution in [3.05, 3.63) is 60.2 Å². The van der Waals surface area contributed by atoms with E-state index in [1.807, 2.05) is 30.3 Å². The Morgan fingerprint density at radius 1 is 1.20 bits per heavy atom. The van der Waals surface area contributed by atoms with E-state index in [4.69, 9.17) is 18.9 Å². The van der Waals surface area contributed by atoms with Crippen molar-refractivity contribution >= 4 is 17.5 Å². The van der Waals surface area contributed by atoms with Gasteiger partial charge < -0.3 is 29.2 Å². The molecule has 2 aromatic carbocycles. The van der Waals surface area contributed by atoms with Crippen LogP contribution in [0.15, 0.2) is 49.1 Å². The Morgan fingerprint density at radius 2 is 2.09 bits per heavy atom. The van der Waals surface area contributed by atoms with Gasteiger partial charge in [-0.2, -0.15) is 0 Å². The van der Waals surface area contributed by atoms with Gasteiger partial charge in [-0.3, -0.25) is 9.59 Å². The number of ether oxygens (including phenoxy) is 4. The van der Waals surface area contributed by atoms with Crippen LogP contribution in [0, 0.1) is 0 Å². The van der Waals surface area contributed by atoms with E-state index >= 15 is 0 Å². The molecule has 2 aromatic rings. The van der Waals surface area contributed by atoms with Gasteiger partial charge in [0.2, 0.25) is 5.91 Å². The summed E-state index contributed by atoms with van der Waals surface area (Å²) >= 11 is 0. The van der Waals surface area contributed by atoms with Crippen LogP contribution in [0.2, 0.25) is 0 Å². The minimum Gasteiger partial charge on any atom is -0.493 e. The van der Waals surface area contributed by atoms with Gasteiger partial charge in [-0.25, -0.2) is 0 Å². The molecule has 0 spiro atoms. The van der Waals surface area contributed by atoms with Crippen LogP contribution in [-0.2, 0) is 27.3 Å². The zero-order chi connectivity index (χ0) is 24.6. The monoisotopic (exact) mass is 480 g/mol. The van der Waals surface area contributed by atoms with Gasteiger partial charge in [0.15, 0.2) is 18.1 Å². The lowest BCUT2D eigenvalue weighted by molar-refractivity contribution is -0.135. The number of fused-ring (bicyclic) bond motifs is 1. The summed E-state index contributed by atoms with van der Waals surface area (Å²) in [6.45, 7) is 5.58. The molecule has 0 saturated carbocycles. The molecule has 2 aliphatic rings. The largest absolute Gasteiger partial charge is 0.493 e. The van der Waals surface area contributed by atoms with Crippen molar-refractivity contribution in [3.8, 4) is 17.2 Å². The molecule has 4 rings (SSSR count). The van der Waals surface area contributed by atoms with Crippen LogP contribution in [0.25, 0.3) is 0 Å². The Bertz CT molecular complexity index is 1060. The summed E-state index contributed by atoms with van der Waals surface area (Å²) in [5.74, 6) is 1.72. The Balaban J connectivity index is 1.43. The van der Waals surface area contributed by atoms with Gasteiger partial charge >= 0.3 is 0 Å². The number of rotatable bonds is 11. The number of methoxy groups -OCH3 is 1. The number of anilines is 1. The van der Waals surface area contributed by atoms with Gasteiger partial charge in [0.1, 0.15) is 12.4 Å². The molecule has 1 unspecified atom stereocenters. The van der Waals surface area contributed by atoms with Crippen molar-refractivity contribution in [2.45, 2.75) is 38.3 Å². The fourth-order valence-electron chi connectivity index (χ4n) is 4.27. The zero-order valence-corrected chi connectivity index (χ0v) is 20.1. The van der Waals surface area contributed by atoms with E-state index in [1.165, 1.54) is 0 Å². The normalized spacial score (nSPS) is 16.7. The topological polar surface area (TPSA) is 86.3 Å². The zero-order valence-electron chi connectivity index (χ0n) is 20.1. The third-order valence-electron chi connectivity index (χ3n) is 6.09. The number of nitrogens with zero attached hydrogens (tertiary/aromatic N) is 1. The maximum atomic E-state index is 13.2. The molecule has 0 radical (unpaired) electrons. The van der Waals surface area contributed by atoms with Crippen LogP contribution in [0.1, 0.15) is 30.4 Å². The van der Waals surface area contributed by atoms with Crippen molar-refractivity contribution in [1.82, 2.24) is 4.90 Å². The van der Waals surface area contributed by atoms with Crippen LogP contribution in [0.5, 0.6) is 17.2 Å². The molecule has 0 aliphatic carbocycles. The molecule has 1 saturated heterocycles. The molecule has 35 heavy (non-hydrogen) atoms. The van der Waals surface area contributed by atoms with E-state index in [0.717, 1.165) is 36.3 Å². The predicted octanol–water partition coefficient (Wildman–Crippen LogP) is 3.73. The first kappa shape index (κ1) is 24.6. The number of hydrogen-bond acceptors (Lipinski definition) is 6. The molecule has 186 valence electrons. The molecule has 2 amide bonds. The Labute approximate surface area is 205 Å². The van der Waals surface area contributed by atoms with Crippen molar-refractivity contribution in [3.63, 3.8) is 0 Å². The highest BCUT2D eigenvalue weighted by atomic mass is 16.5. The number of aryl methyl sites for hydroxylation is 1. The third-order valence-corrected chi connectivity index (χ3v) is 6.09. The number of carbonyl (C=O) groups is 2. The maximum absolute atomic E-state index is 13.2. The van der Waals surface area contributed by atoms with Crippen molar-refractivity contribution < 1.29 is 28.5 Å². The van der Waals surface area contributed by atoms with Crippen LogP contribution < -0.4 is 19.5 Å². The number of nitrogens with one attached hydrogen (secondary N) is 1. The number of benzene rings is 2. The molecule has 8 nitrogen and oxygen atoms in total. The molecule has 0 aromatic heterocycles. The highest BCUT2D eigenvalue weighted by molar-refractivity contribution is 5.94. The van der Waals surface area contributed by atoms with Crippen molar-refractivity contribution in [1.29, 1.82) is 0 Å². The first-order valence-corrected chi connectivity index (χ1v) is 11.9. The fraction of sp³-hybridized carbons (Fsp3) is 0.407. The van der Waals surface area contributed by atoms with Crippen LogP contribution in [0.4, 0.5) is 5.69 Å². The Kier molecular flexibility index (Phi) is 8.26. The average molecular weight is 481 g/mol. The van der Waals surface area contributed by atoms with Gasteiger partial charge in [0, 0.05) is 31.8 Å². The lowest BCUT2D eigenvalue weighted by Gasteiger charge is -2.26. The lowest BCUT2D eigenvalue weighted by Crippen LogP contribution is -2.39. The number of hydrogen-bond donors (Lipinski definition) is 1. The minimum atomic E-state index is -0.127. The van der Waals surface area contributed by atoms with Crippen LogP contribution in [0.3, 0.4) is 0 Å². The summed E-state index contributed by atoms with van der Waals surface area (Å²) in [5.41, 5.74) is 2.73. The molecular weight excluding hydrogens is 448 g/mol. The summed E-state index contributed by atoms with van der Waals surface area (Å²) in [6, 6.07) is 11.1. The molecule has 1 fully saturated rings. The Hall–Kier alpha value is -3.52. The summed E-state index contributed by atoms with van der Waals surface area (Å²) in [4.78, 5) is 26.6. The first-order valence-electron chi connectivity index (χ1n) is 11.9. The maximum Gasteiger partial charge on any atom is 0.260 e. The second kappa shape index (κ2) is 11.8. The minimum absolute atomic E-state index is 0.0167. The second-order valence-electron chi connectivity index (χ2n) is 8.65. The van der Waals surface area contributed by atoms with Gasteiger partial charge in [-0.1, -0.05) is 18.7 Å². The van der Waals surface area contributed by atoms with Gasteiger partial charge in [0.05, 0.1) is 13.2 Å². The predicted molar refractivity (Wildman–Crippen MR) is 132 cm³/mol. The number of carbonyl (C=O) groups excluding carboxylic acids is 2. The van der Waals surface area contributed by atoms with Gasteiger partial charge in [-0.05, 0) is 60.7 Å². The summed E-state index contributed by atoms with van der Waals surface area (Å²) in [7, 11) is 1.59. The van der Waals surface area contributed by atoms with Crippen LogP contribution in [-0.4, -0.2) is 56.3 Å². The summed E-state index contributed by atoms with van der Waals surface area (Å²) in [5, 5.41) is 2.85. The van der Waals surface area contributed by atoms with Gasteiger partial charge in [0.25, 0.3) is 5.91 Å². The van der Waals surface area contributed by atoms with Crippen molar-refractivity contribution in [2.24, 2.45) is 0 Å². The Morgan fingerprint density at radius 3 is 2.86 bits per heavy atom. The van der Waals surface area contributed by atoms with Crippen molar-refractivity contribution in [2.75, 3.05) is 38.8 Å². The molecule has 2 aliphatic heterocycles. The van der Waals surface area contributed by atoms with E-state index in [-0.39, 0.29) is 24.5 Å². The summed E-state index contributed by atoms with van der Waals surface area (Å²) < 4.78 is 22.8. The first-order chi connectivity index (χ1) is 17.1. The van der Waals surface area contributed by atoms with E-state index in [9.17, 15) is 9.59 Å². The standard InChI is InChI=1S/C27H32N2O6/c1-3-12-34-24-10-6-19(14-25(24)32-2)16-29(17-22-5-4-13-33-22)27(31)18-35-21-8-9-23-20(15-21)7-11-26(30)28-23/h3,6,8-10,14-15,22H,1,4-5,7,11-13,16-18H2,2H3,(H,28,30). The molecule has 8 heteroatoms. The number of amides is 2. The SMILES string of the molecule is C=CCOc1ccc(CN(CC2CCCO2)C(=O)COc2ccc3c(c2)CCC(=O)N3)cc1OC. The smallest absolute Gasteiger partial charge is 0.260 e. The summed E-state index contributed by atoms with van der Waals surface area (Å²) in [6.07, 6.45) is 4.73. The van der Waals surface area contributed by atoms with E-state index in [0.29, 0.717) is 49.8 Å². The fourth-order valence-corrected chi connectivity index (χ4v) is 4.27.